The predicted molar refractivity (Wildman–Crippen MR) is 125 cm³/mol. The van der Waals surface area contributed by atoms with Gasteiger partial charge >= 0.3 is 0 Å². The van der Waals surface area contributed by atoms with E-state index < -0.39 is 9.84 Å². The number of phenols is 1. The Morgan fingerprint density at radius 3 is 2.16 bits per heavy atom. The van der Waals surface area contributed by atoms with Gasteiger partial charge in [-0.1, -0.05) is 42.0 Å². The average molecular weight is 445 g/mol. The molecular weight excluding hydrogens is 420 g/mol. The lowest BCUT2D eigenvalue weighted by Gasteiger charge is -2.14. The molecule has 1 aliphatic rings. The van der Waals surface area contributed by atoms with Crippen LogP contribution in [0.2, 0.25) is 0 Å². The minimum absolute atomic E-state index is 0.235. The molecule has 0 aliphatic heterocycles. The zero-order valence-electron chi connectivity index (χ0n) is 17.7. The zero-order valence-corrected chi connectivity index (χ0v) is 18.5. The molecule has 162 valence electrons. The van der Waals surface area contributed by atoms with Crippen molar-refractivity contribution in [3.63, 3.8) is 0 Å². The van der Waals surface area contributed by atoms with E-state index >= 15 is 0 Å². The van der Waals surface area contributed by atoms with Gasteiger partial charge < -0.3 is 9.84 Å². The van der Waals surface area contributed by atoms with Crippen molar-refractivity contribution in [3.05, 3.63) is 120 Å². The third-order valence-corrected chi connectivity index (χ3v) is 7.13. The fraction of sp³-hybridized carbons (Fsp3) is 0.111. The van der Waals surface area contributed by atoms with Crippen molar-refractivity contribution >= 4 is 9.84 Å². The average Bonchev–Trinajstić information content (AvgIpc) is 2.82. The molecule has 0 atom stereocenters. The summed E-state index contributed by atoms with van der Waals surface area (Å²) in [6.07, 6.45) is 7.58. The summed E-state index contributed by atoms with van der Waals surface area (Å²) in [5.74, 6) is 1.58. The Morgan fingerprint density at radius 2 is 1.53 bits per heavy atom. The maximum Gasteiger partial charge on any atom is 0.206 e. The van der Waals surface area contributed by atoms with Crippen molar-refractivity contribution in [2.24, 2.45) is 0 Å². The van der Waals surface area contributed by atoms with Crippen LogP contribution in [0.15, 0.2) is 124 Å². The number of hydrogen-bond acceptors (Lipinski definition) is 4. The molecule has 0 saturated carbocycles. The fourth-order valence-corrected chi connectivity index (χ4v) is 4.80. The first-order valence-corrected chi connectivity index (χ1v) is 11.8. The molecule has 0 bridgehead atoms. The van der Waals surface area contributed by atoms with Gasteiger partial charge in [-0.25, -0.2) is 8.42 Å². The first kappa shape index (κ1) is 21.7. The number of phenolic OH excluding ortho intramolecular Hbond substituents is 1. The summed E-state index contributed by atoms with van der Waals surface area (Å²) in [4.78, 5) is 0.507. The molecule has 0 aromatic heterocycles. The standard InChI is InChI=1S/C27H24O4S/c1-20(19-21-7-11-23(28)12-8-21)22-9-13-24(14-10-22)31-25-15-17-27(18-16-25)32(29,30)26-5-3-2-4-6-26/h2-9,11-18,28H,10,19H2,1H3. The van der Waals surface area contributed by atoms with Crippen LogP contribution < -0.4 is 4.74 Å². The molecule has 0 fully saturated rings. The monoisotopic (exact) mass is 444 g/mol. The van der Waals surface area contributed by atoms with Crippen molar-refractivity contribution in [1.82, 2.24) is 0 Å². The second kappa shape index (κ2) is 9.28. The fourth-order valence-electron chi connectivity index (χ4n) is 3.51. The molecule has 0 spiro atoms. The third kappa shape index (κ3) is 5.01. The highest BCUT2D eigenvalue weighted by atomic mass is 32.2. The lowest BCUT2D eigenvalue weighted by atomic mass is 9.96. The summed E-state index contributed by atoms with van der Waals surface area (Å²) in [5.41, 5.74) is 3.64. The van der Waals surface area contributed by atoms with E-state index in [4.69, 9.17) is 4.74 Å². The Hall–Kier alpha value is -3.57. The van der Waals surface area contributed by atoms with Crippen LogP contribution in [0.3, 0.4) is 0 Å². The lowest BCUT2D eigenvalue weighted by Crippen LogP contribution is -2.02. The number of rotatable bonds is 6. The van der Waals surface area contributed by atoms with Crippen LogP contribution >= 0.6 is 0 Å². The predicted octanol–water partition coefficient (Wildman–Crippen LogP) is 6.01. The van der Waals surface area contributed by atoms with Crippen molar-refractivity contribution < 1.29 is 18.3 Å². The Kier molecular flexibility index (Phi) is 6.28. The van der Waals surface area contributed by atoms with Gasteiger partial charge in [0.25, 0.3) is 0 Å². The minimum Gasteiger partial charge on any atom is -0.508 e. The Bertz CT molecular complexity index is 1280. The van der Waals surface area contributed by atoms with Crippen molar-refractivity contribution in [3.8, 4) is 11.5 Å². The molecule has 0 heterocycles. The van der Waals surface area contributed by atoms with Crippen LogP contribution in [0.5, 0.6) is 11.5 Å². The maximum atomic E-state index is 12.7. The topological polar surface area (TPSA) is 63.6 Å². The van der Waals surface area contributed by atoms with E-state index in [0.29, 0.717) is 5.75 Å². The van der Waals surface area contributed by atoms with E-state index in [1.54, 1.807) is 66.7 Å². The van der Waals surface area contributed by atoms with E-state index in [1.807, 2.05) is 24.3 Å². The molecule has 0 unspecified atom stereocenters. The minimum atomic E-state index is -3.54. The van der Waals surface area contributed by atoms with Crippen molar-refractivity contribution in [2.45, 2.75) is 29.6 Å². The van der Waals surface area contributed by atoms with Gasteiger partial charge in [-0.3, -0.25) is 0 Å². The van der Waals surface area contributed by atoms with Gasteiger partial charge in [0.05, 0.1) is 9.79 Å². The molecular formula is C27H24O4S. The van der Waals surface area contributed by atoms with Crippen molar-refractivity contribution in [2.75, 3.05) is 0 Å². The molecule has 0 saturated heterocycles. The Labute approximate surface area is 188 Å². The number of ether oxygens (including phenoxy) is 1. The molecule has 4 nitrogen and oxygen atoms in total. The number of sulfone groups is 1. The maximum absolute atomic E-state index is 12.7. The number of hydrogen-bond donors (Lipinski definition) is 1. The summed E-state index contributed by atoms with van der Waals surface area (Å²) >= 11 is 0. The van der Waals surface area contributed by atoms with E-state index in [2.05, 4.69) is 13.0 Å². The summed E-state index contributed by atoms with van der Waals surface area (Å²) < 4.78 is 31.3. The highest BCUT2D eigenvalue weighted by Crippen LogP contribution is 2.26. The molecule has 1 aliphatic carbocycles. The van der Waals surface area contributed by atoms with Gasteiger partial charge in [-0.05, 0) is 91.6 Å². The van der Waals surface area contributed by atoms with Crippen LogP contribution in [0.25, 0.3) is 0 Å². The van der Waals surface area contributed by atoms with Crippen LogP contribution in [0.4, 0.5) is 0 Å². The van der Waals surface area contributed by atoms with Crippen LogP contribution in [-0.4, -0.2) is 13.5 Å². The van der Waals surface area contributed by atoms with Gasteiger partial charge in [0.1, 0.15) is 17.3 Å². The van der Waals surface area contributed by atoms with Gasteiger partial charge in [0.2, 0.25) is 9.84 Å². The smallest absolute Gasteiger partial charge is 0.206 e. The lowest BCUT2D eigenvalue weighted by molar-refractivity contribution is 0.440. The summed E-state index contributed by atoms with van der Waals surface area (Å²) in [7, 11) is -3.54. The van der Waals surface area contributed by atoms with Crippen LogP contribution in [0.1, 0.15) is 18.9 Å². The first-order chi connectivity index (χ1) is 15.4. The van der Waals surface area contributed by atoms with Gasteiger partial charge in [0.15, 0.2) is 0 Å². The SMILES string of the molecule is CC(Cc1ccc(O)cc1)=C1C=CC(Oc2ccc(S(=O)(=O)c3ccccc3)cc2)=CC1. The molecule has 1 N–H and O–H groups in total. The summed E-state index contributed by atoms with van der Waals surface area (Å²) in [6, 6.07) is 22.1. The number of allylic oxidation sites excluding steroid dienone is 5. The largest absolute Gasteiger partial charge is 0.508 e. The normalized spacial score (nSPS) is 15.2. The van der Waals surface area contributed by atoms with E-state index in [1.165, 1.54) is 11.1 Å². The van der Waals surface area contributed by atoms with Gasteiger partial charge in [0, 0.05) is 0 Å². The van der Waals surface area contributed by atoms with Crippen LogP contribution in [0, 0.1) is 0 Å². The molecule has 0 radical (unpaired) electrons. The van der Waals surface area contributed by atoms with E-state index in [-0.39, 0.29) is 15.5 Å². The molecule has 4 rings (SSSR count). The second-order valence-electron chi connectivity index (χ2n) is 7.68. The second-order valence-corrected chi connectivity index (χ2v) is 9.63. The molecule has 3 aromatic rings. The zero-order chi connectivity index (χ0) is 22.6. The molecule has 5 heteroatoms. The first-order valence-electron chi connectivity index (χ1n) is 10.3. The highest BCUT2D eigenvalue weighted by Gasteiger charge is 2.17. The quantitative estimate of drug-likeness (QED) is 0.506. The van der Waals surface area contributed by atoms with Gasteiger partial charge in [-0.2, -0.15) is 0 Å². The highest BCUT2D eigenvalue weighted by molar-refractivity contribution is 7.91. The number of aromatic hydroxyl groups is 1. The van der Waals surface area contributed by atoms with Gasteiger partial charge in [-0.15, -0.1) is 0 Å². The molecule has 0 amide bonds. The summed E-state index contributed by atoms with van der Waals surface area (Å²) in [6.45, 7) is 2.11. The number of benzene rings is 3. The van der Waals surface area contributed by atoms with E-state index in [0.717, 1.165) is 24.2 Å². The Balaban J connectivity index is 1.41. The van der Waals surface area contributed by atoms with Crippen molar-refractivity contribution in [1.29, 1.82) is 0 Å². The molecule has 3 aromatic carbocycles. The summed E-state index contributed by atoms with van der Waals surface area (Å²) in [5, 5.41) is 9.42. The van der Waals surface area contributed by atoms with E-state index in [9.17, 15) is 13.5 Å². The third-order valence-electron chi connectivity index (χ3n) is 5.35. The van der Waals surface area contributed by atoms with Crippen LogP contribution in [-0.2, 0) is 16.3 Å². The Morgan fingerprint density at radius 1 is 0.875 bits per heavy atom. The molecule has 32 heavy (non-hydrogen) atoms.